The second kappa shape index (κ2) is 5.99. The SMILES string of the molecule is CCOC(=O)c1c2ccccc2c(C(C)C)c2cc(F)ccc12. The number of carbonyl (C=O) groups excluding carboxylic acids is 1. The summed E-state index contributed by atoms with van der Waals surface area (Å²) >= 11 is 0. The molecular weight excluding hydrogens is 291 g/mol. The number of hydrogen-bond donors (Lipinski definition) is 0. The maximum atomic E-state index is 13.8. The van der Waals surface area contributed by atoms with Crippen LogP contribution in [0.15, 0.2) is 42.5 Å². The third-order valence-corrected chi connectivity index (χ3v) is 4.08. The van der Waals surface area contributed by atoms with Gasteiger partial charge in [-0.15, -0.1) is 0 Å². The van der Waals surface area contributed by atoms with Crippen LogP contribution in [0.3, 0.4) is 0 Å². The van der Waals surface area contributed by atoms with Crippen LogP contribution in [-0.2, 0) is 4.74 Å². The van der Waals surface area contributed by atoms with E-state index in [4.69, 9.17) is 4.74 Å². The fourth-order valence-electron chi connectivity index (χ4n) is 3.23. The van der Waals surface area contributed by atoms with Crippen molar-refractivity contribution in [1.29, 1.82) is 0 Å². The minimum atomic E-state index is -0.365. The van der Waals surface area contributed by atoms with Crippen molar-refractivity contribution in [2.45, 2.75) is 26.7 Å². The second-order valence-corrected chi connectivity index (χ2v) is 5.90. The summed E-state index contributed by atoms with van der Waals surface area (Å²) in [4.78, 5) is 12.5. The molecule has 0 aliphatic rings. The molecule has 0 aliphatic carbocycles. The molecule has 3 aromatic rings. The molecule has 0 bridgehead atoms. The van der Waals surface area contributed by atoms with Crippen molar-refractivity contribution in [2.24, 2.45) is 0 Å². The summed E-state index contributed by atoms with van der Waals surface area (Å²) in [7, 11) is 0. The fourth-order valence-corrected chi connectivity index (χ4v) is 3.23. The summed E-state index contributed by atoms with van der Waals surface area (Å²) < 4.78 is 19.1. The summed E-state index contributed by atoms with van der Waals surface area (Å²) in [6.45, 7) is 6.25. The summed E-state index contributed by atoms with van der Waals surface area (Å²) in [6, 6.07) is 12.3. The molecule has 0 saturated heterocycles. The molecule has 0 amide bonds. The number of hydrogen-bond acceptors (Lipinski definition) is 2. The van der Waals surface area contributed by atoms with E-state index in [9.17, 15) is 9.18 Å². The highest BCUT2D eigenvalue weighted by molar-refractivity contribution is 6.18. The van der Waals surface area contributed by atoms with E-state index in [1.165, 1.54) is 12.1 Å². The van der Waals surface area contributed by atoms with E-state index in [2.05, 4.69) is 13.8 Å². The topological polar surface area (TPSA) is 26.3 Å². The largest absolute Gasteiger partial charge is 0.462 e. The molecule has 0 heterocycles. The average molecular weight is 310 g/mol. The molecule has 3 aromatic carbocycles. The maximum absolute atomic E-state index is 13.8. The van der Waals surface area contributed by atoms with Crippen molar-refractivity contribution in [1.82, 2.24) is 0 Å². The number of halogens is 1. The van der Waals surface area contributed by atoms with Crippen LogP contribution in [0.2, 0.25) is 0 Å². The summed E-state index contributed by atoms with van der Waals surface area (Å²) in [5, 5.41) is 3.35. The Kier molecular flexibility index (Phi) is 4.03. The zero-order chi connectivity index (χ0) is 16.6. The van der Waals surface area contributed by atoms with Crippen molar-refractivity contribution in [3.05, 3.63) is 59.4 Å². The van der Waals surface area contributed by atoms with Gasteiger partial charge in [0.25, 0.3) is 0 Å². The quantitative estimate of drug-likeness (QED) is 0.476. The number of ether oxygens (including phenoxy) is 1. The summed E-state index contributed by atoms with van der Waals surface area (Å²) in [5.41, 5.74) is 1.57. The maximum Gasteiger partial charge on any atom is 0.339 e. The van der Waals surface area contributed by atoms with E-state index in [1.807, 2.05) is 24.3 Å². The van der Waals surface area contributed by atoms with Gasteiger partial charge >= 0.3 is 5.97 Å². The van der Waals surface area contributed by atoms with Crippen LogP contribution in [0, 0.1) is 5.82 Å². The second-order valence-electron chi connectivity index (χ2n) is 5.90. The van der Waals surface area contributed by atoms with Gasteiger partial charge in [-0.05, 0) is 52.1 Å². The molecule has 0 aromatic heterocycles. The van der Waals surface area contributed by atoms with Gasteiger partial charge in [0, 0.05) is 0 Å². The van der Waals surface area contributed by atoms with E-state index in [-0.39, 0.29) is 17.7 Å². The van der Waals surface area contributed by atoms with Crippen molar-refractivity contribution in [3.63, 3.8) is 0 Å². The first-order chi connectivity index (χ1) is 11.0. The molecule has 0 fully saturated rings. The van der Waals surface area contributed by atoms with E-state index in [1.54, 1.807) is 13.0 Å². The monoisotopic (exact) mass is 310 g/mol. The van der Waals surface area contributed by atoms with Gasteiger partial charge in [-0.2, -0.15) is 0 Å². The molecule has 23 heavy (non-hydrogen) atoms. The highest BCUT2D eigenvalue weighted by Crippen LogP contribution is 2.37. The molecule has 0 unspecified atom stereocenters. The van der Waals surface area contributed by atoms with Gasteiger partial charge in [0.15, 0.2) is 0 Å². The highest BCUT2D eigenvalue weighted by atomic mass is 19.1. The lowest BCUT2D eigenvalue weighted by molar-refractivity contribution is 0.0531. The predicted molar refractivity (Wildman–Crippen MR) is 91.5 cm³/mol. The molecule has 0 radical (unpaired) electrons. The van der Waals surface area contributed by atoms with Gasteiger partial charge in [-0.3, -0.25) is 0 Å². The molecule has 0 N–H and O–H groups in total. The van der Waals surface area contributed by atoms with E-state index < -0.39 is 0 Å². The van der Waals surface area contributed by atoms with E-state index in [0.717, 1.165) is 27.1 Å². The average Bonchev–Trinajstić information content (AvgIpc) is 2.52. The lowest BCUT2D eigenvalue weighted by Crippen LogP contribution is -2.08. The number of fused-ring (bicyclic) bond motifs is 2. The molecule has 2 nitrogen and oxygen atoms in total. The van der Waals surface area contributed by atoms with E-state index in [0.29, 0.717) is 12.2 Å². The first-order valence-corrected chi connectivity index (χ1v) is 7.85. The van der Waals surface area contributed by atoms with Gasteiger partial charge in [0.1, 0.15) is 5.82 Å². The molecule has 0 atom stereocenters. The van der Waals surface area contributed by atoms with Gasteiger partial charge < -0.3 is 4.74 Å². The fraction of sp³-hybridized carbons (Fsp3) is 0.250. The number of benzene rings is 3. The normalized spacial score (nSPS) is 11.3. The zero-order valence-electron chi connectivity index (χ0n) is 13.5. The Bertz CT molecular complexity index is 897. The van der Waals surface area contributed by atoms with Crippen LogP contribution in [-0.4, -0.2) is 12.6 Å². The first kappa shape index (κ1) is 15.5. The van der Waals surface area contributed by atoms with Crippen LogP contribution < -0.4 is 0 Å². The minimum absolute atomic E-state index is 0.209. The molecule has 118 valence electrons. The lowest BCUT2D eigenvalue weighted by atomic mass is 9.87. The Labute approximate surface area is 134 Å². The third-order valence-electron chi connectivity index (χ3n) is 4.08. The van der Waals surface area contributed by atoms with Gasteiger partial charge in [-0.25, -0.2) is 9.18 Å². The third kappa shape index (κ3) is 2.56. The number of rotatable bonds is 3. The standard InChI is InChI=1S/C20H19FO2/c1-4-23-20(22)19-15-8-6-5-7-14(15)18(12(2)3)17-11-13(21)9-10-16(17)19/h5-12H,4H2,1-3H3. The number of carbonyl (C=O) groups is 1. The molecule has 0 saturated carbocycles. The van der Waals surface area contributed by atoms with Crippen LogP contribution in [0.4, 0.5) is 4.39 Å². The van der Waals surface area contributed by atoms with Crippen molar-refractivity contribution >= 4 is 27.5 Å². The van der Waals surface area contributed by atoms with Crippen molar-refractivity contribution < 1.29 is 13.9 Å². The Morgan fingerprint density at radius 1 is 1.04 bits per heavy atom. The van der Waals surface area contributed by atoms with Crippen LogP contribution in [0.5, 0.6) is 0 Å². The molecule has 3 heteroatoms. The Hall–Kier alpha value is -2.42. The Balaban J connectivity index is 2.54. The van der Waals surface area contributed by atoms with Crippen LogP contribution in [0.25, 0.3) is 21.5 Å². The minimum Gasteiger partial charge on any atom is -0.462 e. The smallest absolute Gasteiger partial charge is 0.339 e. The Morgan fingerprint density at radius 2 is 1.70 bits per heavy atom. The summed E-state index contributed by atoms with van der Waals surface area (Å²) in [5.74, 6) is -0.458. The zero-order valence-corrected chi connectivity index (χ0v) is 13.5. The van der Waals surface area contributed by atoms with E-state index >= 15 is 0 Å². The van der Waals surface area contributed by atoms with Crippen molar-refractivity contribution in [3.8, 4) is 0 Å². The van der Waals surface area contributed by atoms with Crippen LogP contribution >= 0.6 is 0 Å². The van der Waals surface area contributed by atoms with Gasteiger partial charge in [0.2, 0.25) is 0 Å². The number of esters is 1. The molecule has 0 aliphatic heterocycles. The molecular formula is C20H19FO2. The highest BCUT2D eigenvalue weighted by Gasteiger charge is 2.21. The molecule has 0 spiro atoms. The van der Waals surface area contributed by atoms with Crippen LogP contribution in [0.1, 0.15) is 42.6 Å². The lowest BCUT2D eigenvalue weighted by Gasteiger charge is -2.18. The Morgan fingerprint density at radius 3 is 2.35 bits per heavy atom. The van der Waals surface area contributed by atoms with Gasteiger partial charge in [-0.1, -0.05) is 44.2 Å². The molecule has 3 rings (SSSR count). The summed E-state index contributed by atoms with van der Waals surface area (Å²) in [6.07, 6.45) is 0. The van der Waals surface area contributed by atoms with Crippen molar-refractivity contribution in [2.75, 3.05) is 6.61 Å². The predicted octanol–water partition coefficient (Wildman–Crippen LogP) is 5.43. The van der Waals surface area contributed by atoms with Gasteiger partial charge in [0.05, 0.1) is 12.2 Å². The first-order valence-electron chi connectivity index (χ1n) is 7.85.